The Morgan fingerprint density at radius 1 is 1.07 bits per heavy atom. The van der Waals surface area contributed by atoms with Gasteiger partial charge in [0.15, 0.2) is 11.5 Å². The van der Waals surface area contributed by atoms with Gasteiger partial charge in [0.1, 0.15) is 5.03 Å². The fourth-order valence-corrected chi connectivity index (χ4v) is 4.17. The Bertz CT molecular complexity index is 1010. The van der Waals surface area contributed by atoms with Gasteiger partial charge in [-0.05, 0) is 47.9 Å². The van der Waals surface area contributed by atoms with Crippen molar-refractivity contribution in [3.63, 3.8) is 0 Å². The van der Waals surface area contributed by atoms with Crippen LogP contribution in [0.2, 0.25) is 5.02 Å². The first-order valence-corrected chi connectivity index (χ1v) is 10.8. The third kappa shape index (κ3) is 5.68. The number of amides is 1. The second-order valence-electron chi connectivity index (χ2n) is 6.43. The maximum Gasteiger partial charge on any atom is 0.254 e. The predicted molar refractivity (Wildman–Crippen MR) is 121 cm³/mol. The Balaban J connectivity index is 1.60. The molecule has 7 heteroatoms. The van der Waals surface area contributed by atoms with E-state index in [1.165, 1.54) is 11.8 Å². The highest BCUT2D eigenvalue weighted by Crippen LogP contribution is 2.28. The molecule has 0 aliphatic carbocycles. The number of aromatic nitrogens is 1. The van der Waals surface area contributed by atoms with E-state index < -0.39 is 0 Å². The molecule has 0 aliphatic rings. The maximum absolute atomic E-state index is 12.7. The molecular formula is C23H23ClN2O3S. The molecule has 0 bridgehead atoms. The molecule has 1 amide bonds. The van der Waals surface area contributed by atoms with Crippen molar-refractivity contribution in [1.82, 2.24) is 10.3 Å². The maximum atomic E-state index is 12.7. The lowest BCUT2D eigenvalue weighted by molar-refractivity contribution is 0.0950. The second kappa shape index (κ2) is 10.9. The molecular weight excluding hydrogens is 420 g/mol. The van der Waals surface area contributed by atoms with E-state index >= 15 is 0 Å². The Kier molecular flexibility index (Phi) is 7.99. The van der Waals surface area contributed by atoms with Gasteiger partial charge in [0.25, 0.3) is 5.91 Å². The second-order valence-corrected chi connectivity index (χ2v) is 7.80. The average molecular weight is 443 g/mol. The van der Waals surface area contributed by atoms with Crippen molar-refractivity contribution in [3.05, 3.63) is 82.5 Å². The van der Waals surface area contributed by atoms with E-state index in [1.807, 2.05) is 42.5 Å². The molecule has 0 saturated carbocycles. The Morgan fingerprint density at radius 2 is 1.87 bits per heavy atom. The number of benzene rings is 2. The predicted octanol–water partition coefficient (Wildman–Crippen LogP) is 5.02. The summed E-state index contributed by atoms with van der Waals surface area (Å²) in [6, 6.07) is 17.0. The first-order valence-electron chi connectivity index (χ1n) is 9.42. The Labute approximate surface area is 185 Å². The molecule has 0 spiro atoms. The van der Waals surface area contributed by atoms with Crippen molar-refractivity contribution in [3.8, 4) is 11.5 Å². The number of rotatable bonds is 9. The third-order valence-electron chi connectivity index (χ3n) is 4.49. The molecule has 1 aromatic heterocycles. The minimum Gasteiger partial charge on any atom is -0.493 e. The van der Waals surface area contributed by atoms with Gasteiger partial charge in [-0.25, -0.2) is 4.98 Å². The van der Waals surface area contributed by atoms with Gasteiger partial charge in [0.05, 0.1) is 19.8 Å². The van der Waals surface area contributed by atoms with Gasteiger partial charge in [-0.1, -0.05) is 35.9 Å². The van der Waals surface area contributed by atoms with E-state index in [9.17, 15) is 4.79 Å². The van der Waals surface area contributed by atoms with Crippen LogP contribution < -0.4 is 14.8 Å². The van der Waals surface area contributed by atoms with Gasteiger partial charge < -0.3 is 14.8 Å². The number of ether oxygens (including phenoxy) is 2. The molecule has 3 aromatic rings. The summed E-state index contributed by atoms with van der Waals surface area (Å²) in [6.45, 7) is 0.498. The largest absolute Gasteiger partial charge is 0.493 e. The summed E-state index contributed by atoms with van der Waals surface area (Å²) in [4.78, 5) is 17.1. The summed E-state index contributed by atoms with van der Waals surface area (Å²) in [5, 5.41) is 4.36. The Hall–Kier alpha value is -2.70. The van der Waals surface area contributed by atoms with Crippen LogP contribution in [0.15, 0.2) is 65.8 Å². The highest BCUT2D eigenvalue weighted by Gasteiger charge is 2.13. The number of carbonyl (C=O) groups is 1. The minimum atomic E-state index is -0.148. The van der Waals surface area contributed by atoms with E-state index in [0.717, 1.165) is 11.1 Å². The summed E-state index contributed by atoms with van der Waals surface area (Å²) in [6.07, 6.45) is 2.36. The van der Waals surface area contributed by atoms with Crippen molar-refractivity contribution >= 4 is 29.3 Å². The number of pyridine rings is 1. The van der Waals surface area contributed by atoms with Crippen molar-refractivity contribution in [2.24, 2.45) is 0 Å². The fraction of sp³-hybridized carbons (Fsp3) is 0.217. The lowest BCUT2D eigenvalue weighted by Crippen LogP contribution is -2.26. The lowest BCUT2D eigenvalue weighted by atomic mass is 10.1. The van der Waals surface area contributed by atoms with Crippen LogP contribution in [0.4, 0.5) is 0 Å². The van der Waals surface area contributed by atoms with E-state index in [2.05, 4.69) is 10.3 Å². The molecule has 1 N–H and O–H groups in total. The number of thioether (sulfide) groups is 1. The summed E-state index contributed by atoms with van der Waals surface area (Å²) in [5.74, 6) is 1.85. The molecule has 0 saturated heterocycles. The molecule has 3 rings (SSSR count). The minimum absolute atomic E-state index is 0.148. The van der Waals surface area contributed by atoms with Gasteiger partial charge in [-0.3, -0.25) is 4.79 Å². The quantitative estimate of drug-likeness (QED) is 0.471. The van der Waals surface area contributed by atoms with Gasteiger partial charge in [0.2, 0.25) is 0 Å². The number of carbonyl (C=O) groups excluding carboxylic acids is 1. The van der Waals surface area contributed by atoms with Crippen LogP contribution in [0, 0.1) is 0 Å². The van der Waals surface area contributed by atoms with Gasteiger partial charge in [-0.15, -0.1) is 11.8 Å². The molecule has 0 aliphatic heterocycles. The topological polar surface area (TPSA) is 60.5 Å². The SMILES string of the molecule is COc1ccc(CCNC(=O)c2cccnc2SCc2ccccc2Cl)cc1OC. The summed E-state index contributed by atoms with van der Waals surface area (Å²) >= 11 is 7.73. The third-order valence-corrected chi connectivity index (χ3v) is 5.91. The molecule has 0 unspecified atom stereocenters. The zero-order valence-corrected chi connectivity index (χ0v) is 18.4. The zero-order valence-electron chi connectivity index (χ0n) is 16.9. The molecule has 0 radical (unpaired) electrons. The zero-order chi connectivity index (χ0) is 21.3. The van der Waals surface area contributed by atoms with Gasteiger partial charge >= 0.3 is 0 Å². The summed E-state index contributed by atoms with van der Waals surface area (Å²) in [7, 11) is 3.21. The molecule has 0 fully saturated rings. The molecule has 2 aromatic carbocycles. The Morgan fingerprint density at radius 3 is 2.63 bits per heavy atom. The van der Waals surface area contributed by atoms with E-state index in [4.69, 9.17) is 21.1 Å². The van der Waals surface area contributed by atoms with Crippen molar-refractivity contribution in [2.75, 3.05) is 20.8 Å². The number of hydrogen-bond donors (Lipinski definition) is 1. The number of halogens is 1. The molecule has 156 valence electrons. The van der Waals surface area contributed by atoms with E-state index in [0.29, 0.717) is 45.8 Å². The monoisotopic (exact) mass is 442 g/mol. The van der Waals surface area contributed by atoms with Gasteiger partial charge in [-0.2, -0.15) is 0 Å². The first-order chi connectivity index (χ1) is 14.6. The van der Waals surface area contributed by atoms with Crippen LogP contribution in [-0.2, 0) is 12.2 Å². The summed E-state index contributed by atoms with van der Waals surface area (Å²) < 4.78 is 10.6. The number of nitrogens with one attached hydrogen (secondary N) is 1. The van der Waals surface area contributed by atoms with Crippen LogP contribution in [0.25, 0.3) is 0 Å². The van der Waals surface area contributed by atoms with Crippen LogP contribution >= 0.6 is 23.4 Å². The van der Waals surface area contributed by atoms with Crippen LogP contribution in [0.5, 0.6) is 11.5 Å². The molecule has 30 heavy (non-hydrogen) atoms. The normalized spacial score (nSPS) is 10.5. The highest BCUT2D eigenvalue weighted by atomic mass is 35.5. The fourth-order valence-electron chi connectivity index (χ4n) is 2.89. The van der Waals surface area contributed by atoms with Crippen molar-refractivity contribution in [2.45, 2.75) is 17.2 Å². The lowest BCUT2D eigenvalue weighted by Gasteiger charge is -2.11. The molecule has 0 atom stereocenters. The number of nitrogens with zero attached hydrogens (tertiary/aromatic N) is 1. The van der Waals surface area contributed by atoms with Crippen LogP contribution in [0.1, 0.15) is 21.5 Å². The first kappa shape index (κ1) is 22.0. The standard InChI is InChI=1S/C23H23ClN2O3S/c1-28-20-10-9-16(14-21(20)29-2)11-13-25-22(27)18-7-5-12-26-23(18)30-15-17-6-3-4-8-19(17)24/h3-10,12,14H,11,13,15H2,1-2H3,(H,25,27). The van der Waals surface area contributed by atoms with E-state index in [-0.39, 0.29) is 5.91 Å². The molecule has 5 nitrogen and oxygen atoms in total. The van der Waals surface area contributed by atoms with Gasteiger partial charge in [0, 0.05) is 23.5 Å². The van der Waals surface area contributed by atoms with Crippen LogP contribution in [0.3, 0.4) is 0 Å². The van der Waals surface area contributed by atoms with Crippen molar-refractivity contribution < 1.29 is 14.3 Å². The molecule has 1 heterocycles. The van der Waals surface area contributed by atoms with Crippen molar-refractivity contribution in [1.29, 1.82) is 0 Å². The highest BCUT2D eigenvalue weighted by molar-refractivity contribution is 7.98. The number of methoxy groups -OCH3 is 2. The number of hydrogen-bond acceptors (Lipinski definition) is 5. The average Bonchev–Trinajstić information content (AvgIpc) is 2.78. The summed E-state index contributed by atoms with van der Waals surface area (Å²) in [5.41, 5.74) is 2.61. The van der Waals surface area contributed by atoms with E-state index in [1.54, 1.807) is 32.5 Å². The smallest absolute Gasteiger partial charge is 0.254 e. The van der Waals surface area contributed by atoms with Crippen LogP contribution in [-0.4, -0.2) is 31.7 Å².